The van der Waals surface area contributed by atoms with E-state index in [2.05, 4.69) is 10.6 Å². The third-order valence-electron chi connectivity index (χ3n) is 3.02. The Hall–Kier alpha value is -2.73. The topological polar surface area (TPSA) is 68.8 Å². The predicted octanol–water partition coefficient (Wildman–Crippen LogP) is 3.00. The highest BCUT2D eigenvalue weighted by atomic mass is 16.7. The van der Waals surface area contributed by atoms with E-state index < -0.39 is 0 Å². The predicted molar refractivity (Wildman–Crippen MR) is 87.8 cm³/mol. The maximum Gasteiger partial charge on any atom is 0.319 e. The lowest BCUT2D eigenvalue weighted by molar-refractivity contribution is 0.0511. The number of methoxy groups -OCH3 is 2. The number of ether oxygens (including phenoxy) is 3. The molecule has 2 N–H and O–H groups in total. The molecule has 2 aromatic carbocycles. The molecule has 122 valence electrons. The van der Waals surface area contributed by atoms with Crippen LogP contribution in [0.3, 0.4) is 0 Å². The summed E-state index contributed by atoms with van der Waals surface area (Å²) in [5, 5.41) is 5.55. The number of carbonyl (C=O) groups is 1. The first-order valence-electron chi connectivity index (χ1n) is 7.11. The van der Waals surface area contributed by atoms with E-state index in [-0.39, 0.29) is 12.8 Å². The summed E-state index contributed by atoms with van der Waals surface area (Å²) in [7, 11) is 3.14. The molecule has 0 aliphatic rings. The van der Waals surface area contributed by atoms with Crippen molar-refractivity contribution in [1.82, 2.24) is 5.32 Å². The molecule has 0 radical (unpaired) electrons. The Morgan fingerprint density at radius 1 is 1.04 bits per heavy atom. The summed E-state index contributed by atoms with van der Waals surface area (Å²) in [6.45, 7) is 0.577. The van der Waals surface area contributed by atoms with Crippen molar-refractivity contribution < 1.29 is 19.0 Å². The van der Waals surface area contributed by atoms with E-state index in [9.17, 15) is 4.79 Å². The van der Waals surface area contributed by atoms with Gasteiger partial charge in [-0.3, -0.25) is 0 Å². The molecule has 0 bridgehead atoms. The summed E-state index contributed by atoms with van der Waals surface area (Å²) in [4.78, 5) is 11.9. The van der Waals surface area contributed by atoms with Crippen LogP contribution >= 0.6 is 0 Å². The van der Waals surface area contributed by atoms with Crippen LogP contribution in [-0.4, -0.2) is 27.0 Å². The van der Waals surface area contributed by atoms with E-state index in [0.29, 0.717) is 23.7 Å². The third-order valence-corrected chi connectivity index (χ3v) is 3.02. The third kappa shape index (κ3) is 5.52. The van der Waals surface area contributed by atoms with Gasteiger partial charge in [0.1, 0.15) is 11.5 Å². The molecule has 6 heteroatoms. The lowest BCUT2D eigenvalue weighted by Crippen LogP contribution is -2.28. The monoisotopic (exact) mass is 316 g/mol. The van der Waals surface area contributed by atoms with Crippen LogP contribution in [0.5, 0.6) is 11.5 Å². The number of carbonyl (C=O) groups excluding carboxylic acids is 1. The minimum absolute atomic E-state index is 0.188. The quantitative estimate of drug-likeness (QED) is 0.771. The number of hydrogen-bond acceptors (Lipinski definition) is 4. The van der Waals surface area contributed by atoms with Crippen molar-refractivity contribution in [2.75, 3.05) is 26.3 Å². The van der Waals surface area contributed by atoms with Gasteiger partial charge in [0.2, 0.25) is 0 Å². The molecule has 0 atom stereocenters. The highest BCUT2D eigenvalue weighted by Gasteiger charge is 2.03. The van der Waals surface area contributed by atoms with Crippen LogP contribution in [0.4, 0.5) is 10.5 Å². The number of hydrogen-bond donors (Lipinski definition) is 2. The molecule has 0 spiro atoms. The molecular weight excluding hydrogens is 296 g/mol. The van der Waals surface area contributed by atoms with Crippen molar-refractivity contribution >= 4 is 11.7 Å². The minimum atomic E-state index is -0.290. The van der Waals surface area contributed by atoms with Gasteiger partial charge in [-0.15, -0.1) is 0 Å². The van der Waals surface area contributed by atoms with Gasteiger partial charge in [0, 0.05) is 25.4 Å². The first-order valence-corrected chi connectivity index (χ1v) is 7.11. The Bertz CT molecular complexity index is 646. The van der Waals surface area contributed by atoms with Crippen molar-refractivity contribution in [3.63, 3.8) is 0 Å². The van der Waals surface area contributed by atoms with Gasteiger partial charge in [0.05, 0.1) is 7.11 Å². The number of amides is 2. The maximum atomic E-state index is 11.9. The second kappa shape index (κ2) is 8.65. The summed E-state index contributed by atoms with van der Waals surface area (Å²) in [6, 6.07) is 14.3. The fourth-order valence-corrected chi connectivity index (χ4v) is 1.93. The Morgan fingerprint density at radius 2 is 1.83 bits per heavy atom. The van der Waals surface area contributed by atoms with Gasteiger partial charge in [0.15, 0.2) is 6.79 Å². The first kappa shape index (κ1) is 16.6. The van der Waals surface area contributed by atoms with Crippen molar-refractivity contribution in [2.45, 2.75) is 6.54 Å². The van der Waals surface area contributed by atoms with E-state index in [1.54, 1.807) is 26.4 Å². The van der Waals surface area contributed by atoms with Crippen LogP contribution in [-0.2, 0) is 11.3 Å². The van der Waals surface area contributed by atoms with E-state index >= 15 is 0 Å². The highest BCUT2D eigenvalue weighted by molar-refractivity contribution is 5.89. The van der Waals surface area contributed by atoms with Crippen molar-refractivity contribution in [3.8, 4) is 11.5 Å². The summed E-state index contributed by atoms with van der Waals surface area (Å²) in [6.07, 6.45) is 0. The lowest BCUT2D eigenvalue weighted by atomic mass is 10.2. The van der Waals surface area contributed by atoms with E-state index in [1.807, 2.05) is 36.4 Å². The smallest absolute Gasteiger partial charge is 0.319 e. The summed E-state index contributed by atoms with van der Waals surface area (Å²) < 4.78 is 15.3. The average Bonchev–Trinajstić information content (AvgIpc) is 2.58. The molecule has 2 rings (SSSR count). The summed E-state index contributed by atoms with van der Waals surface area (Å²) in [5.74, 6) is 1.38. The lowest BCUT2D eigenvalue weighted by Gasteiger charge is -2.10. The zero-order valence-corrected chi connectivity index (χ0v) is 13.2. The number of nitrogens with one attached hydrogen (secondary N) is 2. The van der Waals surface area contributed by atoms with Gasteiger partial charge in [-0.2, -0.15) is 0 Å². The number of urea groups is 1. The van der Waals surface area contributed by atoms with Gasteiger partial charge >= 0.3 is 6.03 Å². The highest BCUT2D eigenvalue weighted by Crippen LogP contribution is 2.16. The molecule has 2 amide bonds. The number of benzene rings is 2. The maximum absolute atomic E-state index is 11.9. The number of rotatable bonds is 7. The van der Waals surface area contributed by atoms with E-state index in [1.165, 1.54) is 0 Å². The molecule has 23 heavy (non-hydrogen) atoms. The molecule has 0 aliphatic carbocycles. The molecule has 0 unspecified atom stereocenters. The minimum Gasteiger partial charge on any atom is -0.497 e. The zero-order valence-electron chi connectivity index (χ0n) is 13.2. The SMILES string of the molecule is COCOc1cccc(CNC(=O)Nc2cccc(OC)c2)c1. The summed E-state index contributed by atoms with van der Waals surface area (Å²) in [5.41, 5.74) is 1.60. The van der Waals surface area contributed by atoms with Gasteiger partial charge < -0.3 is 24.8 Å². The van der Waals surface area contributed by atoms with Gasteiger partial charge in [-0.1, -0.05) is 18.2 Å². The normalized spacial score (nSPS) is 10.0. The molecule has 0 saturated carbocycles. The zero-order chi connectivity index (χ0) is 16.5. The molecule has 0 aliphatic heterocycles. The van der Waals surface area contributed by atoms with Crippen molar-refractivity contribution in [1.29, 1.82) is 0 Å². The van der Waals surface area contributed by atoms with Crippen LogP contribution in [0.25, 0.3) is 0 Å². The molecule has 2 aromatic rings. The van der Waals surface area contributed by atoms with Gasteiger partial charge in [0.25, 0.3) is 0 Å². The Morgan fingerprint density at radius 3 is 2.61 bits per heavy atom. The molecule has 0 aromatic heterocycles. The van der Waals surface area contributed by atoms with Crippen LogP contribution in [0.1, 0.15) is 5.56 Å². The number of anilines is 1. The fourth-order valence-electron chi connectivity index (χ4n) is 1.93. The standard InChI is InChI=1S/C17H20N2O4/c1-21-12-23-16-8-3-5-13(9-16)11-18-17(20)19-14-6-4-7-15(10-14)22-2/h3-10H,11-12H2,1-2H3,(H2,18,19,20). The molecule has 0 saturated heterocycles. The Kier molecular flexibility index (Phi) is 6.26. The molecule has 6 nitrogen and oxygen atoms in total. The molecule has 0 heterocycles. The average molecular weight is 316 g/mol. The Balaban J connectivity index is 1.86. The van der Waals surface area contributed by atoms with E-state index in [0.717, 1.165) is 5.56 Å². The van der Waals surface area contributed by atoms with Crippen LogP contribution < -0.4 is 20.1 Å². The van der Waals surface area contributed by atoms with Crippen molar-refractivity contribution in [2.24, 2.45) is 0 Å². The van der Waals surface area contributed by atoms with Crippen molar-refractivity contribution in [3.05, 3.63) is 54.1 Å². The summed E-state index contributed by atoms with van der Waals surface area (Å²) >= 11 is 0. The molecule has 0 fully saturated rings. The molecular formula is C17H20N2O4. The first-order chi connectivity index (χ1) is 11.2. The van der Waals surface area contributed by atoms with Crippen LogP contribution in [0.2, 0.25) is 0 Å². The second-order valence-corrected chi connectivity index (χ2v) is 4.74. The fraction of sp³-hybridized carbons (Fsp3) is 0.235. The second-order valence-electron chi connectivity index (χ2n) is 4.74. The largest absolute Gasteiger partial charge is 0.497 e. The Labute approximate surface area is 135 Å². The van der Waals surface area contributed by atoms with Gasteiger partial charge in [-0.25, -0.2) is 4.79 Å². The van der Waals surface area contributed by atoms with E-state index in [4.69, 9.17) is 14.2 Å². The van der Waals surface area contributed by atoms with Gasteiger partial charge in [-0.05, 0) is 29.8 Å². The van der Waals surface area contributed by atoms with Crippen LogP contribution in [0.15, 0.2) is 48.5 Å². The van der Waals surface area contributed by atoms with Crippen LogP contribution in [0, 0.1) is 0 Å².